The van der Waals surface area contributed by atoms with E-state index in [1.54, 1.807) is 18.3 Å². The molecule has 0 saturated heterocycles. The van der Waals surface area contributed by atoms with E-state index in [0.717, 1.165) is 83.8 Å². The molecule has 6 nitrogen and oxygen atoms in total. The van der Waals surface area contributed by atoms with Gasteiger partial charge in [0.2, 0.25) is 0 Å². The van der Waals surface area contributed by atoms with E-state index in [2.05, 4.69) is 280 Å². The van der Waals surface area contributed by atoms with Crippen molar-refractivity contribution in [1.82, 2.24) is 9.55 Å². The van der Waals surface area contributed by atoms with Gasteiger partial charge in [-0.15, -0.1) is 0 Å². The molecule has 0 amide bonds. The molecule has 0 bridgehead atoms. The summed E-state index contributed by atoms with van der Waals surface area (Å²) >= 11 is 0. The largest absolute Gasteiger partial charge is 0.457 e. The first kappa shape index (κ1) is 57.5. The lowest BCUT2D eigenvalue weighted by atomic mass is 9.64. The van der Waals surface area contributed by atoms with Gasteiger partial charge < -0.3 is 19.4 Å². The lowest BCUT2D eigenvalue weighted by Gasteiger charge is -2.45. The summed E-state index contributed by atoms with van der Waals surface area (Å²) in [5, 5.41) is 1.82. The third-order valence-corrected chi connectivity index (χ3v) is 21.4. The number of anilines is 7. The van der Waals surface area contributed by atoms with Crippen LogP contribution >= 0.6 is 0 Å². The van der Waals surface area contributed by atoms with Crippen molar-refractivity contribution in [2.45, 2.75) is 117 Å². The zero-order chi connectivity index (χ0) is 75.5. The first-order valence-electron chi connectivity index (χ1n) is 38.7. The maximum absolute atomic E-state index is 9.97. The highest BCUT2D eigenvalue weighted by Crippen LogP contribution is 2.64. The molecule has 0 N–H and O–H groups in total. The Balaban J connectivity index is 0.840. The van der Waals surface area contributed by atoms with Gasteiger partial charge in [0.1, 0.15) is 24.0 Å². The minimum absolute atomic E-state index is 0.0839. The van der Waals surface area contributed by atoms with Crippen LogP contribution in [-0.2, 0) is 27.1 Å². The molecular formula is C96H87N5O. The Labute approximate surface area is 610 Å². The molecule has 0 radical (unpaired) electrons. The highest BCUT2D eigenvalue weighted by Gasteiger charge is 2.52. The molecule has 14 aromatic rings. The third-order valence-electron chi connectivity index (χ3n) is 21.4. The van der Waals surface area contributed by atoms with Crippen LogP contribution in [-0.4, -0.2) is 16.2 Å². The summed E-state index contributed by atoms with van der Waals surface area (Å²) < 4.78 is 64.8. The van der Waals surface area contributed by atoms with Crippen molar-refractivity contribution in [2.24, 2.45) is 0 Å². The highest BCUT2D eigenvalue weighted by molar-refractivity contribution is 6.10. The predicted molar refractivity (Wildman–Crippen MR) is 429 cm³/mol. The minimum Gasteiger partial charge on any atom is -0.457 e. The predicted octanol–water partition coefficient (Wildman–Crippen LogP) is 25.9. The molecule has 6 heteroatoms. The standard InChI is InChI=1S/C96H87N5O/c1-61-50-90(97-59-79(61)62-42-45-65(46-43-62)92(2,3)4)101-84-37-22-18-33-75(84)76-49-47-72(58-89(76)101)102-71-31-27-30-70(57-71)98-60-99(88-41-26-25-40-87(88)98)91-77(55-68(95(11,12)13)56-78(91)64-51-66(93(5,6)7)54-67(52-64)94(8,9)10)63-44-48-74-73-32-17-19-34-80(73)96(83(74)53-63)81-35-20-23-38-85(81)100(69-28-15-14-16-29-69)86-39-24-21-36-82(86)96/h14-59H,60H2,1-13H3/i1D3,27D,30D,31D. The molecule has 0 unspecified atom stereocenters. The second kappa shape index (κ2) is 23.7. The SMILES string of the molecule is [2H]c1c(Oc2ccc3c4ccccc4n(-c4cc(C([2H])([2H])[2H])c(-c5ccc(C(C)(C)C)cc5)cn4)c3c2)cc(N2CN(c3c(-c4cc(C(C)(C)C)cc(C(C)(C)C)c4)cc(C(C)(C)C)cc3-c3ccc4c(c3)C3(c5ccccc5-4)c4ccccc4N(c4ccccc4)c4ccccc43)c3ccccc32)c([2H])c1[2H]. The molecule has 1 aliphatic carbocycles. The second-order valence-corrected chi connectivity index (χ2v) is 32.0. The number of fused-ring (bicyclic) bond motifs is 13. The molecule has 502 valence electrons. The summed E-state index contributed by atoms with van der Waals surface area (Å²) in [5.74, 6) is 0.903. The van der Waals surface area contributed by atoms with Gasteiger partial charge >= 0.3 is 0 Å². The lowest BCUT2D eigenvalue weighted by Crippen LogP contribution is -2.36. The zero-order valence-electron chi connectivity index (χ0n) is 66.2. The van der Waals surface area contributed by atoms with Crippen LogP contribution in [0.2, 0.25) is 0 Å². The number of rotatable bonds is 9. The van der Waals surface area contributed by atoms with Crippen LogP contribution in [0.15, 0.2) is 279 Å². The Hall–Kier alpha value is -11.2. The fourth-order valence-electron chi connectivity index (χ4n) is 16.1. The van der Waals surface area contributed by atoms with Crippen LogP contribution in [0.5, 0.6) is 11.5 Å². The Morgan fingerprint density at radius 2 is 0.951 bits per heavy atom. The quantitative estimate of drug-likeness (QED) is 0.144. The zero-order valence-corrected chi connectivity index (χ0v) is 60.2. The van der Waals surface area contributed by atoms with E-state index in [1.807, 2.05) is 65.2 Å². The fourth-order valence-corrected chi connectivity index (χ4v) is 16.1. The van der Waals surface area contributed by atoms with Crippen LogP contribution in [0, 0.1) is 6.85 Å². The van der Waals surface area contributed by atoms with E-state index < -0.39 is 12.3 Å². The van der Waals surface area contributed by atoms with Gasteiger partial charge in [-0.2, -0.15) is 0 Å². The molecule has 3 aliphatic rings. The number of nitrogens with zero attached hydrogens (tertiary/aromatic N) is 5. The van der Waals surface area contributed by atoms with Crippen LogP contribution in [0.3, 0.4) is 0 Å². The van der Waals surface area contributed by atoms with E-state index in [9.17, 15) is 4.11 Å². The first-order valence-corrected chi connectivity index (χ1v) is 35.7. The van der Waals surface area contributed by atoms with Gasteiger partial charge in [-0.25, -0.2) is 4.98 Å². The number of aromatic nitrogens is 2. The van der Waals surface area contributed by atoms with Crippen molar-refractivity contribution in [1.29, 1.82) is 0 Å². The second-order valence-electron chi connectivity index (χ2n) is 32.0. The number of hydrogen-bond donors (Lipinski definition) is 0. The van der Waals surface area contributed by atoms with E-state index in [4.69, 9.17) is 13.8 Å². The molecule has 2 aromatic heterocycles. The number of para-hydroxylation sites is 6. The van der Waals surface area contributed by atoms with E-state index in [1.165, 1.54) is 50.1 Å². The normalized spacial score (nSPS) is 14.9. The van der Waals surface area contributed by atoms with Crippen molar-refractivity contribution in [3.63, 3.8) is 0 Å². The van der Waals surface area contributed by atoms with Gasteiger partial charge in [0.25, 0.3) is 0 Å². The molecule has 12 aromatic carbocycles. The van der Waals surface area contributed by atoms with E-state index >= 15 is 0 Å². The van der Waals surface area contributed by atoms with E-state index in [0.29, 0.717) is 28.3 Å². The van der Waals surface area contributed by atoms with Gasteiger partial charge in [0, 0.05) is 61.3 Å². The molecule has 1 spiro atoms. The molecule has 4 heterocycles. The van der Waals surface area contributed by atoms with Crippen LogP contribution in [0.4, 0.5) is 39.8 Å². The number of aryl methyl sites for hydroxylation is 1. The van der Waals surface area contributed by atoms with Gasteiger partial charge in [-0.05, 0) is 197 Å². The van der Waals surface area contributed by atoms with Gasteiger partial charge in [-0.3, -0.25) is 4.57 Å². The maximum Gasteiger partial charge on any atom is 0.137 e. The Bertz CT molecular complexity index is 5910. The Kier molecular flexibility index (Phi) is 13.4. The van der Waals surface area contributed by atoms with Crippen molar-refractivity contribution >= 4 is 61.6 Å². The Morgan fingerprint density at radius 3 is 1.62 bits per heavy atom. The summed E-state index contributed by atoms with van der Waals surface area (Å²) in [6, 6.07) is 89.9. The number of hydrogen-bond acceptors (Lipinski definition) is 5. The fraction of sp³-hybridized carbons (Fsp3) is 0.198. The van der Waals surface area contributed by atoms with Crippen LogP contribution in [0.1, 0.15) is 141 Å². The van der Waals surface area contributed by atoms with Gasteiger partial charge in [0.15, 0.2) is 0 Å². The summed E-state index contributed by atoms with van der Waals surface area (Å²) in [5.41, 5.74) is 24.2. The molecule has 2 aliphatic heterocycles. The summed E-state index contributed by atoms with van der Waals surface area (Å²) in [7, 11) is 0. The minimum atomic E-state index is -2.48. The van der Waals surface area contributed by atoms with E-state index in [-0.39, 0.29) is 57.8 Å². The number of pyridine rings is 1. The number of benzene rings is 12. The topological polar surface area (TPSA) is 36.8 Å². The summed E-state index contributed by atoms with van der Waals surface area (Å²) in [4.78, 5) is 12.0. The van der Waals surface area contributed by atoms with Gasteiger partial charge in [-0.1, -0.05) is 253 Å². The summed E-state index contributed by atoms with van der Waals surface area (Å²) in [6.07, 6.45) is 1.67. The molecule has 102 heavy (non-hydrogen) atoms. The molecule has 0 fully saturated rings. The third kappa shape index (κ3) is 10.5. The monoisotopic (exact) mass is 1330 g/mol. The molecule has 17 rings (SSSR count). The van der Waals surface area contributed by atoms with Crippen molar-refractivity contribution in [3.05, 3.63) is 329 Å². The molecule has 0 atom stereocenters. The van der Waals surface area contributed by atoms with Crippen LogP contribution < -0.4 is 19.4 Å². The maximum atomic E-state index is 9.97. The average Bonchev–Trinajstić information content (AvgIpc) is 1.47. The number of ether oxygens (including phenoxy) is 1. The van der Waals surface area contributed by atoms with Crippen LogP contribution in [0.25, 0.3) is 72.1 Å². The smallest absolute Gasteiger partial charge is 0.137 e. The van der Waals surface area contributed by atoms with Crippen molar-refractivity contribution in [2.75, 3.05) is 21.4 Å². The van der Waals surface area contributed by atoms with Crippen molar-refractivity contribution in [3.8, 4) is 61.8 Å². The summed E-state index contributed by atoms with van der Waals surface area (Å²) in [6.45, 7) is 24.9. The highest BCUT2D eigenvalue weighted by atomic mass is 16.5. The molecular weight excluding hydrogens is 1240 g/mol. The van der Waals surface area contributed by atoms with Crippen molar-refractivity contribution < 1.29 is 13.0 Å². The first-order chi connectivity index (χ1) is 51.5. The Morgan fingerprint density at radius 1 is 0.392 bits per heavy atom. The van der Waals surface area contributed by atoms with Gasteiger partial charge in [0.05, 0.1) is 49.0 Å². The lowest BCUT2D eigenvalue weighted by molar-refractivity contribution is 0.483. The average molecular weight is 1330 g/mol. The molecule has 0 saturated carbocycles.